The Labute approximate surface area is 449 Å². The third-order valence-electron chi connectivity index (χ3n) is 8.74. The van der Waals surface area contributed by atoms with Gasteiger partial charge in [-0.25, -0.2) is 48.6 Å². The van der Waals surface area contributed by atoms with Gasteiger partial charge in [0.25, 0.3) is 0 Å². The Morgan fingerprint density at radius 2 is 0.623 bits per heavy atom. The minimum Gasteiger partial charge on any atom is -0.744 e. The summed E-state index contributed by atoms with van der Waals surface area (Å²) in [5.41, 5.74) is -0.712. The topological polar surface area (TPSA) is 334 Å². The third kappa shape index (κ3) is 9.79. The summed E-state index contributed by atoms with van der Waals surface area (Å²) in [6.07, 6.45) is 0. The van der Waals surface area contributed by atoms with Gasteiger partial charge in [0.1, 0.15) is 40.5 Å². The fourth-order valence-corrected chi connectivity index (χ4v) is 8.19. The summed E-state index contributed by atoms with van der Waals surface area (Å²) in [5.74, 6) is -0.882. The van der Waals surface area contributed by atoms with Crippen molar-refractivity contribution in [1.29, 1.82) is 0 Å². The molecule has 0 amide bonds. The van der Waals surface area contributed by atoms with Crippen molar-refractivity contribution in [2.24, 2.45) is 0 Å². The molecule has 0 aliphatic carbocycles. The number of benzene rings is 4. The monoisotopic (exact) mass is 944 g/mol. The van der Waals surface area contributed by atoms with Crippen molar-refractivity contribution < 1.29 is 170 Å². The minimum atomic E-state index is -5.02. The van der Waals surface area contributed by atoms with Crippen molar-refractivity contribution in [2.45, 2.75) is 19.6 Å². The van der Waals surface area contributed by atoms with Gasteiger partial charge in [0.15, 0.2) is 11.6 Å². The molecule has 9 rings (SSSR count). The molecule has 61 heavy (non-hydrogen) atoms. The number of rotatable bonds is 4. The fraction of sp³-hybridized carbons (Fsp3) is 0. The first-order chi connectivity index (χ1) is 26.2. The standard InChI is InChI=1S/C32H16N8O12S4.Mg.4Na/c41-53(42,43)13-1-5-17-21(9-13)29-33-25(17)37-30-22-10-14(54(44,45)46)2-6-18(22)27(34-30)39-32-24-12-16(56(50,51)52)4-8-20(24)28(36-32)40-31-23-11-15(55(47,48)49)3-7-19(23)26(35-31)38-29;;;;;/h1-12H,(H4-2,33,34,35,36,37,38,39,40,41,42,43,44,45,46,47,48,49,50,51,52);;;;;/q-2;+2;4*+1/p-4. The maximum atomic E-state index is 12.0. The van der Waals surface area contributed by atoms with Crippen LogP contribution in [0.4, 0.5) is 0 Å². The summed E-state index contributed by atoms with van der Waals surface area (Å²) in [7, 11) is -20.1. The van der Waals surface area contributed by atoms with Gasteiger partial charge < -0.3 is 43.1 Å². The van der Waals surface area contributed by atoms with Crippen LogP contribution in [0.25, 0.3) is 89.7 Å². The molecule has 2 aliphatic rings. The van der Waals surface area contributed by atoms with Gasteiger partial charge in [-0.05, 0) is 76.1 Å². The fourth-order valence-electron chi connectivity index (χ4n) is 6.20. The van der Waals surface area contributed by atoms with Gasteiger partial charge in [0.2, 0.25) is 0 Å². The van der Waals surface area contributed by atoms with Crippen LogP contribution in [0.1, 0.15) is 0 Å². The Morgan fingerprint density at radius 3 is 1.02 bits per heavy atom. The molecule has 0 saturated heterocycles. The molecule has 0 fully saturated rings. The van der Waals surface area contributed by atoms with Crippen LogP contribution >= 0.6 is 0 Å². The summed E-state index contributed by atoms with van der Waals surface area (Å²) < 4.78 is 145. The summed E-state index contributed by atoms with van der Waals surface area (Å²) >= 11 is 0. The molecule has 3 aromatic heterocycles. The number of nitrogens with zero attached hydrogens (tertiary/aromatic N) is 8. The van der Waals surface area contributed by atoms with Crippen LogP contribution < -0.4 is 128 Å². The SMILES string of the molecule is O=S(=O)([O-])c1ccc2c(c1)-c1nc3nc(nc4[n-]c(nc5[n-]c(nc-2n1)c1cc(S(=O)(=O)[O-])ccc51)c1cc(S(=O)(=O)[O-])ccc41)-c1cc(S(=O)(=O)[O-])ccc1-3.[Mg+2].[Na+].[Na+].[Na+].[Na+]. The molecule has 4 aromatic carbocycles. The quantitative estimate of drug-likeness (QED) is 0.117. The largest absolute Gasteiger partial charge is 2.00 e. The van der Waals surface area contributed by atoms with Crippen molar-refractivity contribution >= 4 is 108 Å². The second kappa shape index (κ2) is 18.5. The molecule has 0 unspecified atom stereocenters. The van der Waals surface area contributed by atoms with Crippen LogP contribution in [0.5, 0.6) is 0 Å². The van der Waals surface area contributed by atoms with Crippen molar-refractivity contribution in [3.63, 3.8) is 0 Å². The first kappa shape index (κ1) is 52.3. The molecular formula is C32H12MgN8Na4O12S4. The summed E-state index contributed by atoms with van der Waals surface area (Å²) in [4.78, 5) is 33.2. The van der Waals surface area contributed by atoms with Crippen LogP contribution in [0.3, 0.4) is 0 Å². The first-order valence-electron chi connectivity index (χ1n) is 15.3. The molecule has 5 heterocycles. The van der Waals surface area contributed by atoms with E-state index in [4.69, 9.17) is 0 Å². The van der Waals surface area contributed by atoms with E-state index in [0.717, 1.165) is 48.5 Å². The van der Waals surface area contributed by atoms with E-state index in [-0.39, 0.29) is 231 Å². The van der Waals surface area contributed by atoms with E-state index in [1.165, 1.54) is 24.3 Å². The normalized spacial score (nSPS) is 12.1. The van der Waals surface area contributed by atoms with Gasteiger partial charge in [-0.3, -0.25) is 0 Å². The number of hydrogen-bond acceptors (Lipinski definition) is 18. The third-order valence-corrected chi connectivity index (χ3v) is 12.1. The molecule has 2 aliphatic heterocycles. The average Bonchev–Trinajstić information content (AvgIpc) is 3.84. The predicted molar refractivity (Wildman–Crippen MR) is 192 cm³/mol. The maximum absolute atomic E-state index is 12.0. The van der Waals surface area contributed by atoms with Crippen LogP contribution in [0.2, 0.25) is 0 Å². The second-order valence-electron chi connectivity index (χ2n) is 12.1. The van der Waals surface area contributed by atoms with Crippen LogP contribution in [-0.4, -0.2) is 105 Å². The van der Waals surface area contributed by atoms with Gasteiger partial charge in [-0.1, -0.05) is 18.2 Å². The first-order valence-corrected chi connectivity index (χ1v) is 21.0. The van der Waals surface area contributed by atoms with Gasteiger partial charge in [-0.2, -0.15) is 0 Å². The number of fused-ring (bicyclic) bond motifs is 20. The molecule has 0 spiro atoms. The molecular weight excluding hydrogens is 933 g/mol. The number of hydrogen-bond donors (Lipinski definition) is 0. The van der Waals surface area contributed by atoms with Crippen molar-refractivity contribution in [2.75, 3.05) is 0 Å². The van der Waals surface area contributed by atoms with E-state index in [2.05, 4.69) is 39.9 Å². The summed E-state index contributed by atoms with van der Waals surface area (Å²) in [6.45, 7) is 0. The van der Waals surface area contributed by atoms with E-state index in [1.54, 1.807) is 0 Å². The molecule has 20 nitrogen and oxygen atoms in total. The van der Waals surface area contributed by atoms with Crippen LogP contribution in [0, 0.1) is 0 Å². The Hall–Kier alpha value is -1.35. The van der Waals surface area contributed by atoms with Crippen molar-refractivity contribution in [1.82, 2.24) is 39.9 Å². The van der Waals surface area contributed by atoms with E-state index in [0.29, 0.717) is 0 Å². The minimum absolute atomic E-state index is 0. The second-order valence-corrected chi connectivity index (χ2v) is 17.6. The Morgan fingerprint density at radius 1 is 0.344 bits per heavy atom. The summed E-state index contributed by atoms with van der Waals surface area (Å²) in [5, 5.41) is 0.169. The Kier molecular flexibility index (Phi) is 15.9. The van der Waals surface area contributed by atoms with E-state index >= 15 is 0 Å². The maximum Gasteiger partial charge on any atom is 2.00 e. The van der Waals surface area contributed by atoms with E-state index < -0.39 is 60.1 Å². The van der Waals surface area contributed by atoms with Crippen LogP contribution in [-0.2, 0) is 40.5 Å². The predicted octanol–water partition coefficient (Wildman–Crippen LogP) is -10.6. The van der Waals surface area contributed by atoms with Gasteiger partial charge in [-0.15, -0.1) is 0 Å². The van der Waals surface area contributed by atoms with Crippen molar-refractivity contribution in [3.05, 3.63) is 72.8 Å². The van der Waals surface area contributed by atoms with Gasteiger partial charge >= 0.3 is 141 Å². The number of aromatic nitrogens is 8. The zero-order valence-electron chi connectivity index (χ0n) is 31.7. The van der Waals surface area contributed by atoms with Crippen molar-refractivity contribution in [3.8, 4) is 45.6 Å². The molecule has 0 saturated carbocycles. The average molecular weight is 945 g/mol. The molecule has 8 bridgehead atoms. The molecule has 0 radical (unpaired) electrons. The van der Waals surface area contributed by atoms with Gasteiger partial charge in [0, 0.05) is 44.8 Å². The van der Waals surface area contributed by atoms with E-state index in [9.17, 15) is 51.9 Å². The molecule has 282 valence electrons. The van der Waals surface area contributed by atoms with Gasteiger partial charge in [0.05, 0.1) is 31.2 Å². The smallest absolute Gasteiger partial charge is 0.744 e. The van der Waals surface area contributed by atoms with E-state index in [1.807, 2.05) is 0 Å². The Bertz CT molecular complexity index is 3640. The zero-order valence-corrected chi connectivity index (χ0v) is 44.4. The zero-order chi connectivity index (χ0) is 39.7. The molecule has 7 aromatic rings. The molecule has 0 atom stereocenters. The molecule has 0 N–H and O–H groups in total. The summed E-state index contributed by atoms with van der Waals surface area (Å²) in [6, 6.07) is 12.8. The Balaban J connectivity index is 0.00000164. The molecule has 29 heteroatoms. The van der Waals surface area contributed by atoms with Crippen LogP contribution in [0.15, 0.2) is 92.4 Å².